The van der Waals surface area contributed by atoms with E-state index >= 15 is 0 Å². The quantitative estimate of drug-likeness (QED) is 0.916. The second kappa shape index (κ2) is 6.25. The standard InChI is InChI=1S/C13H18ClNO3/c14-12-11(6-9-18-12)13(17)15(7-8-16)10-4-2-1-3-5-10/h6,9-10,16H,1-5,7-8H2. The third kappa shape index (κ3) is 2.87. The summed E-state index contributed by atoms with van der Waals surface area (Å²) in [6.45, 7) is 0.322. The van der Waals surface area contributed by atoms with Crippen LogP contribution in [0.15, 0.2) is 16.7 Å². The minimum absolute atomic E-state index is 0.0300. The lowest BCUT2D eigenvalue weighted by molar-refractivity contribution is 0.0585. The summed E-state index contributed by atoms with van der Waals surface area (Å²) in [4.78, 5) is 14.1. The van der Waals surface area contributed by atoms with Crippen LogP contribution in [0.3, 0.4) is 0 Å². The van der Waals surface area contributed by atoms with Gasteiger partial charge in [0.05, 0.1) is 18.4 Å². The molecule has 0 unspecified atom stereocenters. The van der Waals surface area contributed by atoms with Gasteiger partial charge in [-0.2, -0.15) is 0 Å². The second-order valence-corrected chi connectivity index (χ2v) is 4.97. The Hall–Kier alpha value is -1.00. The van der Waals surface area contributed by atoms with E-state index in [0.29, 0.717) is 12.1 Å². The third-order valence-electron chi connectivity index (χ3n) is 3.47. The van der Waals surface area contributed by atoms with E-state index in [1.54, 1.807) is 11.0 Å². The van der Waals surface area contributed by atoms with E-state index in [1.165, 1.54) is 12.7 Å². The van der Waals surface area contributed by atoms with Crippen LogP contribution < -0.4 is 0 Å². The highest BCUT2D eigenvalue weighted by Crippen LogP contribution is 2.26. The minimum atomic E-state index is -0.144. The van der Waals surface area contributed by atoms with Crippen molar-refractivity contribution in [3.8, 4) is 0 Å². The highest BCUT2D eigenvalue weighted by atomic mass is 35.5. The maximum absolute atomic E-state index is 12.4. The average molecular weight is 272 g/mol. The van der Waals surface area contributed by atoms with Crippen molar-refractivity contribution in [3.63, 3.8) is 0 Å². The van der Waals surface area contributed by atoms with Gasteiger partial charge < -0.3 is 14.4 Å². The number of carbonyl (C=O) groups is 1. The van der Waals surface area contributed by atoms with Gasteiger partial charge in [0.1, 0.15) is 0 Å². The first-order valence-corrected chi connectivity index (χ1v) is 6.76. The van der Waals surface area contributed by atoms with Gasteiger partial charge in [0, 0.05) is 12.6 Å². The molecule has 1 aliphatic rings. The molecular weight excluding hydrogens is 254 g/mol. The van der Waals surface area contributed by atoms with Gasteiger partial charge in [-0.3, -0.25) is 4.79 Å². The first kappa shape index (κ1) is 13.4. The highest BCUT2D eigenvalue weighted by molar-refractivity contribution is 6.32. The Labute approximate surface area is 112 Å². The van der Waals surface area contributed by atoms with Crippen molar-refractivity contribution in [2.75, 3.05) is 13.2 Å². The summed E-state index contributed by atoms with van der Waals surface area (Å²) < 4.78 is 4.96. The molecule has 1 aromatic rings. The number of aliphatic hydroxyl groups excluding tert-OH is 1. The number of amides is 1. The van der Waals surface area contributed by atoms with Crippen molar-refractivity contribution in [1.82, 2.24) is 4.90 Å². The van der Waals surface area contributed by atoms with Crippen LogP contribution >= 0.6 is 11.6 Å². The Balaban J connectivity index is 2.13. The maximum atomic E-state index is 12.4. The number of hydrogen-bond donors (Lipinski definition) is 1. The summed E-state index contributed by atoms with van der Waals surface area (Å²) in [7, 11) is 0. The summed E-state index contributed by atoms with van der Waals surface area (Å²) in [6, 6.07) is 1.79. The van der Waals surface area contributed by atoms with Crippen LogP contribution in [0.4, 0.5) is 0 Å². The van der Waals surface area contributed by atoms with Crippen LogP contribution in [0.1, 0.15) is 42.5 Å². The average Bonchev–Trinajstić information content (AvgIpc) is 2.82. The van der Waals surface area contributed by atoms with Gasteiger partial charge in [-0.25, -0.2) is 0 Å². The summed E-state index contributed by atoms with van der Waals surface area (Å²) >= 11 is 5.84. The van der Waals surface area contributed by atoms with Crippen LogP contribution in [-0.2, 0) is 0 Å². The Morgan fingerprint density at radius 2 is 2.17 bits per heavy atom. The Kier molecular flexibility index (Phi) is 4.66. The van der Waals surface area contributed by atoms with Gasteiger partial charge in [0.15, 0.2) is 0 Å². The van der Waals surface area contributed by atoms with Crippen molar-refractivity contribution < 1.29 is 14.3 Å². The number of halogens is 1. The van der Waals surface area contributed by atoms with Gasteiger partial charge in [0.2, 0.25) is 5.22 Å². The zero-order valence-corrected chi connectivity index (χ0v) is 11.0. The van der Waals surface area contributed by atoms with Crippen molar-refractivity contribution in [1.29, 1.82) is 0 Å². The van der Waals surface area contributed by atoms with Crippen molar-refractivity contribution >= 4 is 17.5 Å². The Morgan fingerprint density at radius 3 is 2.72 bits per heavy atom. The van der Waals surface area contributed by atoms with Gasteiger partial charge in [-0.05, 0) is 30.5 Å². The molecule has 100 valence electrons. The van der Waals surface area contributed by atoms with E-state index in [2.05, 4.69) is 0 Å². The van der Waals surface area contributed by atoms with E-state index in [4.69, 9.17) is 21.1 Å². The van der Waals surface area contributed by atoms with Crippen LogP contribution in [-0.4, -0.2) is 35.1 Å². The molecule has 0 spiro atoms. The van der Waals surface area contributed by atoms with E-state index in [0.717, 1.165) is 25.7 Å². The Morgan fingerprint density at radius 1 is 1.44 bits per heavy atom. The van der Waals surface area contributed by atoms with Crippen molar-refractivity contribution in [2.45, 2.75) is 38.1 Å². The van der Waals surface area contributed by atoms with Crippen molar-refractivity contribution in [3.05, 3.63) is 23.1 Å². The molecule has 0 aromatic carbocycles. The van der Waals surface area contributed by atoms with Crippen LogP contribution in [0.5, 0.6) is 0 Å². The van der Waals surface area contributed by atoms with Crippen LogP contribution in [0, 0.1) is 0 Å². The van der Waals surface area contributed by atoms with Crippen LogP contribution in [0.25, 0.3) is 0 Å². The molecule has 0 saturated heterocycles. The van der Waals surface area contributed by atoms with E-state index in [-0.39, 0.29) is 23.8 Å². The van der Waals surface area contributed by atoms with Gasteiger partial charge in [0.25, 0.3) is 5.91 Å². The molecule has 2 rings (SSSR count). The lowest BCUT2D eigenvalue weighted by Crippen LogP contribution is -2.43. The van der Waals surface area contributed by atoms with Gasteiger partial charge in [-0.15, -0.1) is 0 Å². The molecule has 1 aliphatic carbocycles. The smallest absolute Gasteiger partial charge is 0.259 e. The maximum Gasteiger partial charge on any atom is 0.259 e. The van der Waals surface area contributed by atoms with Gasteiger partial charge >= 0.3 is 0 Å². The third-order valence-corrected chi connectivity index (χ3v) is 3.76. The molecule has 0 bridgehead atoms. The monoisotopic (exact) mass is 271 g/mol. The SMILES string of the molecule is O=C(c1ccoc1Cl)N(CCO)C1CCCCC1. The minimum Gasteiger partial charge on any atom is -0.452 e. The van der Waals surface area contributed by atoms with Gasteiger partial charge in [-0.1, -0.05) is 19.3 Å². The normalized spacial score (nSPS) is 16.8. The summed E-state index contributed by atoms with van der Waals surface area (Å²) in [5, 5.41) is 9.26. The molecule has 1 fully saturated rings. The predicted octanol–water partition coefficient (Wildman–Crippen LogP) is 2.70. The molecule has 4 nitrogen and oxygen atoms in total. The first-order valence-electron chi connectivity index (χ1n) is 6.39. The van der Waals surface area contributed by atoms with Crippen LogP contribution in [0.2, 0.25) is 5.22 Å². The topological polar surface area (TPSA) is 53.7 Å². The van der Waals surface area contributed by atoms with Crippen molar-refractivity contribution in [2.24, 2.45) is 0 Å². The summed E-state index contributed by atoms with van der Waals surface area (Å²) in [6.07, 6.45) is 6.91. The summed E-state index contributed by atoms with van der Waals surface area (Å²) in [5.74, 6) is -0.144. The molecule has 5 heteroatoms. The molecule has 0 aliphatic heterocycles. The molecule has 1 amide bonds. The molecule has 0 atom stereocenters. The fourth-order valence-electron chi connectivity index (χ4n) is 2.55. The number of rotatable bonds is 4. The second-order valence-electron chi connectivity index (χ2n) is 4.62. The predicted molar refractivity (Wildman–Crippen MR) is 68.7 cm³/mol. The number of aliphatic hydroxyl groups is 1. The van der Waals surface area contributed by atoms with E-state index in [9.17, 15) is 4.79 Å². The largest absolute Gasteiger partial charge is 0.452 e. The first-order chi connectivity index (χ1) is 8.74. The fraction of sp³-hybridized carbons (Fsp3) is 0.615. The lowest BCUT2D eigenvalue weighted by atomic mass is 9.94. The number of hydrogen-bond acceptors (Lipinski definition) is 3. The summed E-state index contributed by atoms with van der Waals surface area (Å²) in [5.41, 5.74) is 0.385. The molecule has 1 aromatic heterocycles. The van der Waals surface area contributed by atoms with E-state index in [1.807, 2.05) is 0 Å². The zero-order chi connectivity index (χ0) is 13.0. The number of carbonyl (C=O) groups excluding carboxylic acids is 1. The number of nitrogens with zero attached hydrogens (tertiary/aromatic N) is 1. The molecule has 1 saturated carbocycles. The molecule has 1 heterocycles. The lowest BCUT2D eigenvalue weighted by Gasteiger charge is -2.33. The molecular formula is C13H18ClNO3. The fourth-order valence-corrected chi connectivity index (χ4v) is 2.75. The molecule has 0 radical (unpaired) electrons. The highest BCUT2D eigenvalue weighted by Gasteiger charge is 2.27. The Bertz CT molecular complexity index is 399. The zero-order valence-electron chi connectivity index (χ0n) is 10.3. The molecule has 18 heavy (non-hydrogen) atoms. The molecule has 1 N–H and O–H groups in total. The van der Waals surface area contributed by atoms with E-state index < -0.39 is 0 Å². The number of furan rings is 1.